The number of urea groups is 1. The lowest BCUT2D eigenvalue weighted by molar-refractivity contribution is -0.127. The number of primary amides is 1. The van der Waals surface area contributed by atoms with E-state index < -0.39 is 11.4 Å². The molecule has 1 saturated carbocycles. The molecule has 3 N–H and O–H groups in total. The molecule has 1 atom stereocenters. The summed E-state index contributed by atoms with van der Waals surface area (Å²) in [5.41, 5.74) is 5.85. The summed E-state index contributed by atoms with van der Waals surface area (Å²) >= 11 is 0. The average molecular weight is 331 g/mol. The quantitative estimate of drug-likeness (QED) is 0.882. The Kier molecular flexibility index (Phi) is 4.64. The summed E-state index contributed by atoms with van der Waals surface area (Å²) < 4.78 is 5.32. The molecule has 24 heavy (non-hydrogen) atoms. The van der Waals surface area contributed by atoms with Crippen LogP contribution in [0.5, 0.6) is 5.75 Å². The van der Waals surface area contributed by atoms with Gasteiger partial charge in [-0.1, -0.05) is 25.0 Å². The summed E-state index contributed by atoms with van der Waals surface area (Å²) in [4.78, 5) is 26.0. The van der Waals surface area contributed by atoms with Gasteiger partial charge in [0.2, 0.25) is 5.91 Å². The molecule has 1 aliphatic heterocycles. The first-order valence-electron chi connectivity index (χ1n) is 8.55. The van der Waals surface area contributed by atoms with E-state index in [1.54, 1.807) is 12.0 Å². The van der Waals surface area contributed by atoms with E-state index in [0.29, 0.717) is 13.1 Å². The molecule has 2 aliphatic rings. The normalized spacial score (nSPS) is 22.4. The van der Waals surface area contributed by atoms with Crippen LogP contribution in [0.2, 0.25) is 0 Å². The zero-order valence-corrected chi connectivity index (χ0v) is 14.1. The first kappa shape index (κ1) is 16.6. The van der Waals surface area contributed by atoms with Crippen molar-refractivity contribution >= 4 is 11.9 Å². The van der Waals surface area contributed by atoms with Crippen LogP contribution in [0.4, 0.5) is 4.79 Å². The van der Waals surface area contributed by atoms with Crippen LogP contribution in [0, 0.1) is 0 Å². The van der Waals surface area contributed by atoms with E-state index in [9.17, 15) is 9.59 Å². The number of likely N-dealkylation sites (tertiary alicyclic amines) is 1. The number of rotatable bonds is 4. The molecule has 0 radical (unpaired) electrons. The van der Waals surface area contributed by atoms with Crippen LogP contribution in [-0.2, 0) is 10.2 Å². The molecule has 2 fully saturated rings. The molecule has 1 saturated heterocycles. The third-order valence-corrected chi connectivity index (χ3v) is 5.35. The molecular formula is C18H25N3O3. The molecule has 0 aromatic heterocycles. The molecule has 6 nitrogen and oxygen atoms in total. The Balaban J connectivity index is 1.78. The number of amides is 3. The van der Waals surface area contributed by atoms with Gasteiger partial charge in [0.15, 0.2) is 0 Å². The van der Waals surface area contributed by atoms with Crippen LogP contribution in [0.25, 0.3) is 0 Å². The highest BCUT2D eigenvalue weighted by Gasteiger charge is 2.44. The zero-order chi connectivity index (χ0) is 17.2. The largest absolute Gasteiger partial charge is 0.497 e. The summed E-state index contributed by atoms with van der Waals surface area (Å²) in [7, 11) is 1.64. The minimum Gasteiger partial charge on any atom is -0.497 e. The SMILES string of the molecule is COc1cccc(C2(C(=O)NC3CCN(C(N)=O)C3)CCCC2)c1. The van der Waals surface area contributed by atoms with Gasteiger partial charge in [-0.15, -0.1) is 0 Å². The van der Waals surface area contributed by atoms with Crippen molar-refractivity contribution in [1.29, 1.82) is 0 Å². The van der Waals surface area contributed by atoms with Gasteiger partial charge in [0, 0.05) is 19.1 Å². The Labute approximate surface area is 142 Å². The lowest BCUT2D eigenvalue weighted by Crippen LogP contribution is -2.48. The highest BCUT2D eigenvalue weighted by atomic mass is 16.5. The molecule has 1 aromatic carbocycles. The highest BCUT2D eigenvalue weighted by molar-refractivity contribution is 5.89. The number of benzene rings is 1. The molecule has 0 bridgehead atoms. The molecule has 0 spiro atoms. The smallest absolute Gasteiger partial charge is 0.314 e. The second-order valence-corrected chi connectivity index (χ2v) is 6.76. The monoisotopic (exact) mass is 331 g/mol. The number of hydrogen-bond acceptors (Lipinski definition) is 3. The molecule has 130 valence electrons. The molecule has 1 unspecified atom stereocenters. The van der Waals surface area contributed by atoms with Crippen LogP contribution < -0.4 is 15.8 Å². The second kappa shape index (κ2) is 6.71. The molecule has 1 heterocycles. The molecule has 1 aliphatic carbocycles. The number of nitrogens with two attached hydrogens (primary N) is 1. The van der Waals surface area contributed by atoms with Crippen molar-refractivity contribution in [2.75, 3.05) is 20.2 Å². The maximum atomic E-state index is 13.1. The topological polar surface area (TPSA) is 84.7 Å². The maximum Gasteiger partial charge on any atom is 0.314 e. The Morgan fingerprint density at radius 2 is 2.08 bits per heavy atom. The van der Waals surface area contributed by atoms with Crippen LogP contribution in [0.1, 0.15) is 37.7 Å². The van der Waals surface area contributed by atoms with Gasteiger partial charge in [-0.3, -0.25) is 4.79 Å². The number of nitrogens with zero attached hydrogens (tertiary/aromatic N) is 1. The van der Waals surface area contributed by atoms with Gasteiger partial charge < -0.3 is 20.7 Å². The highest BCUT2D eigenvalue weighted by Crippen LogP contribution is 2.42. The molecular weight excluding hydrogens is 306 g/mol. The Hall–Kier alpha value is -2.24. The van der Waals surface area contributed by atoms with Crippen molar-refractivity contribution in [2.45, 2.75) is 43.6 Å². The minimum absolute atomic E-state index is 0.0203. The average Bonchev–Trinajstić information content (AvgIpc) is 3.25. The summed E-state index contributed by atoms with van der Waals surface area (Å²) in [6.07, 6.45) is 4.53. The lowest BCUT2D eigenvalue weighted by atomic mass is 9.77. The predicted molar refractivity (Wildman–Crippen MR) is 90.8 cm³/mol. The van der Waals surface area contributed by atoms with Crippen LogP contribution in [0.15, 0.2) is 24.3 Å². The zero-order valence-electron chi connectivity index (χ0n) is 14.1. The third kappa shape index (κ3) is 3.05. The number of ether oxygens (including phenoxy) is 1. The van der Waals surface area contributed by atoms with Crippen molar-refractivity contribution in [3.63, 3.8) is 0 Å². The van der Waals surface area contributed by atoms with Crippen molar-refractivity contribution in [3.05, 3.63) is 29.8 Å². The second-order valence-electron chi connectivity index (χ2n) is 6.76. The minimum atomic E-state index is -0.491. The van der Waals surface area contributed by atoms with Crippen molar-refractivity contribution in [3.8, 4) is 5.75 Å². The van der Waals surface area contributed by atoms with E-state index >= 15 is 0 Å². The van der Waals surface area contributed by atoms with Crippen LogP contribution >= 0.6 is 0 Å². The molecule has 3 amide bonds. The maximum absolute atomic E-state index is 13.1. The van der Waals surface area contributed by atoms with E-state index in [1.165, 1.54) is 0 Å². The molecule has 3 rings (SSSR count). The fourth-order valence-electron chi connectivity index (χ4n) is 3.95. The molecule has 6 heteroatoms. The van der Waals surface area contributed by atoms with Crippen molar-refractivity contribution < 1.29 is 14.3 Å². The van der Waals surface area contributed by atoms with E-state index in [-0.39, 0.29) is 11.9 Å². The molecule has 1 aromatic rings. The van der Waals surface area contributed by atoms with Gasteiger partial charge in [0.1, 0.15) is 5.75 Å². The number of nitrogens with one attached hydrogen (secondary N) is 1. The van der Waals surface area contributed by atoms with Gasteiger partial charge in [0.05, 0.1) is 12.5 Å². The fourth-order valence-corrected chi connectivity index (χ4v) is 3.95. The predicted octanol–water partition coefficient (Wildman–Crippen LogP) is 1.78. The number of methoxy groups -OCH3 is 1. The summed E-state index contributed by atoms with van der Waals surface area (Å²) in [6, 6.07) is 7.37. The van der Waals surface area contributed by atoms with Crippen LogP contribution in [-0.4, -0.2) is 43.1 Å². The summed E-state index contributed by atoms with van der Waals surface area (Å²) in [5.74, 6) is 0.830. The standard InChI is InChI=1S/C18H25N3O3/c1-24-15-6-4-5-13(11-15)18(8-2-3-9-18)16(22)20-14-7-10-21(12-14)17(19)23/h4-6,11,14H,2-3,7-10,12H2,1H3,(H2,19,23)(H,20,22). The van der Waals surface area contributed by atoms with E-state index in [2.05, 4.69) is 5.32 Å². The van der Waals surface area contributed by atoms with E-state index in [4.69, 9.17) is 10.5 Å². The van der Waals surface area contributed by atoms with Crippen LogP contribution in [0.3, 0.4) is 0 Å². The summed E-state index contributed by atoms with van der Waals surface area (Å²) in [5, 5.41) is 3.15. The third-order valence-electron chi connectivity index (χ3n) is 5.35. The first-order chi connectivity index (χ1) is 11.5. The van der Waals surface area contributed by atoms with E-state index in [1.807, 2.05) is 24.3 Å². The van der Waals surface area contributed by atoms with Gasteiger partial charge in [0.25, 0.3) is 0 Å². The number of carbonyl (C=O) groups is 2. The number of hydrogen-bond donors (Lipinski definition) is 2. The Morgan fingerprint density at radius 1 is 1.33 bits per heavy atom. The summed E-state index contributed by atoms with van der Waals surface area (Å²) in [6.45, 7) is 1.10. The first-order valence-corrected chi connectivity index (χ1v) is 8.55. The van der Waals surface area contributed by atoms with Crippen molar-refractivity contribution in [2.24, 2.45) is 5.73 Å². The fraction of sp³-hybridized carbons (Fsp3) is 0.556. The van der Waals surface area contributed by atoms with E-state index in [0.717, 1.165) is 43.4 Å². The lowest BCUT2D eigenvalue weighted by Gasteiger charge is -2.30. The van der Waals surface area contributed by atoms with Gasteiger partial charge in [-0.2, -0.15) is 0 Å². The Morgan fingerprint density at radius 3 is 2.71 bits per heavy atom. The van der Waals surface area contributed by atoms with Gasteiger partial charge >= 0.3 is 6.03 Å². The van der Waals surface area contributed by atoms with Gasteiger partial charge in [-0.05, 0) is 37.0 Å². The van der Waals surface area contributed by atoms with Crippen molar-refractivity contribution in [1.82, 2.24) is 10.2 Å². The Bertz CT molecular complexity index is 626. The number of carbonyl (C=O) groups excluding carboxylic acids is 2. The van der Waals surface area contributed by atoms with Gasteiger partial charge in [-0.25, -0.2) is 4.79 Å².